The van der Waals surface area contributed by atoms with Gasteiger partial charge in [-0.05, 0) is 61.9 Å². The van der Waals surface area contributed by atoms with Gasteiger partial charge in [-0.2, -0.15) is 0 Å². The Bertz CT molecular complexity index is 1260. The fraction of sp³-hybridized carbons (Fsp3) is 0.269. The molecule has 35 heavy (non-hydrogen) atoms. The normalized spacial score (nSPS) is 12.5. The Labute approximate surface area is 209 Å². The number of pyridine rings is 1. The average molecular weight is 493 g/mol. The number of nitrogens with zero attached hydrogens (tertiary/aromatic N) is 2. The number of methoxy groups -OCH3 is 2. The van der Waals surface area contributed by atoms with Gasteiger partial charge in [0.15, 0.2) is 0 Å². The first-order chi connectivity index (χ1) is 16.9. The predicted octanol–water partition coefficient (Wildman–Crippen LogP) is 4.79. The van der Waals surface area contributed by atoms with Crippen LogP contribution in [0.3, 0.4) is 0 Å². The predicted molar refractivity (Wildman–Crippen MR) is 138 cm³/mol. The molecule has 0 spiro atoms. The third kappa shape index (κ3) is 5.51. The lowest BCUT2D eigenvalue weighted by molar-refractivity contribution is 0.0950. The molecular formula is C26H28N4O4S. The molecule has 2 heterocycles. The molecular weight excluding hydrogens is 464 g/mol. The number of thioether (sulfide) groups is 1. The molecule has 1 aromatic heterocycles. The minimum atomic E-state index is -0.263. The number of amides is 3. The van der Waals surface area contributed by atoms with Crippen molar-refractivity contribution in [2.24, 2.45) is 0 Å². The summed E-state index contributed by atoms with van der Waals surface area (Å²) in [5, 5.41) is 6.70. The highest BCUT2D eigenvalue weighted by atomic mass is 32.2. The Morgan fingerprint density at radius 1 is 1.09 bits per heavy atom. The number of hydrogen-bond acceptors (Lipinski definition) is 6. The van der Waals surface area contributed by atoms with E-state index < -0.39 is 0 Å². The lowest BCUT2D eigenvalue weighted by atomic mass is 10.1. The van der Waals surface area contributed by atoms with Gasteiger partial charge >= 0.3 is 6.03 Å². The number of benzene rings is 2. The van der Waals surface area contributed by atoms with E-state index in [2.05, 4.69) is 15.6 Å². The fourth-order valence-corrected chi connectivity index (χ4v) is 5.08. The molecule has 0 aliphatic carbocycles. The average Bonchev–Trinajstić information content (AvgIpc) is 2.86. The van der Waals surface area contributed by atoms with Crippen LogP contribution in [-0.2, 0) is 6.54 Å². The molecule has 0 atom stereocenters. The maximum atomic E-state index is 13.1. The highest BCUT2D eigenvalue weighted by Crippen LogP contribution is 2.36. The highest BCUT2D eigenvalue weighted by Gasteiger charge is 2.26. The summed E-state index contributed by atoms with van der Waals surface area (Å²) < 4.78 is 10.6. The van der Waals surface area contributed by atoms with Crippen molar-refractivity contribution in [3.63, 3.8) is 0 Å². The molecule has 0 fully saturated rings. The molecule has 0 unspecified atom stereocenters. The summed E-state index contributed by atoms with van der Waals surface area (Å²) >= 11 is 1.66. The number of carbonyl (C=O) groups is 2. The molecule has 3 aromatic rings. The van der Waals surface area contributed by atoms with Gasteiger partial charge in [0, 0.05) is 41.4 Å². The summed E-state index contributed by atoms with van der Waals surface area (Å²) in [6.07, 6.45) is 0. The van der Waals surface area contributed by atoms with E-state index in [-0.39, 0.29) is 18.5 Å². The zero-order valence-electron chi connectivity index (χ0n) is 20.2. The van der Waals surface area contributed by atoms with E-state index >= 15 is 0 Å². The molecule has 182 valence electrons. The first kappa shape index (κ1) is 24.4. The molecule has 2 N–H and O–H groups in total. The van der Waals surface area contributed by atoms with Crippen LogP contribution >= 0.6 is 11.8 Å². The number of anilines is 2. The third-order valence-electron chi connectivity index (χ3n) is 5.65. The van der Waals surface area contributed by atoms with E-state index in [0.717, 1.165) is 33.3 Å². The number of aryl methyl sites for hydroxylation is 2. The monoisotopic (exact) mass is 492 g/mol. The zero-order valence-corrected chi connectivity index (χ0v) is 21.0. The van der Waals surface area contributed by atoms with Gasteiger partial charge in [0.05, 0.1) is 19.9 Å². The Morgan fingerprint density at radius 2 is 1.91 bits per heavy atom. The van der Waals surface area contributed by atoms with Crippen LogP contribution < -0.4 is 25.0 Å². The van der Waals surface area contributed by atoms with Crippen LogP contribution in [0.15, 0.2) is 53.6 Å². The minimum Gasteiger partial charge on any atom is -0.497 e. The van der Waals surface area contributed by atoms with E-state index in [9.17, 15) is 9.59 Å². The summed E-state index contributed by atoms with van der Waals surface area (Å²) in [7, 11) is 3.17. The van der Waals surface area contributed by atoms with Crippen LogP contribution in [0.1, 0.15) is 27.2 Å². The molecule has 8 nitrogen and oxygen atoms in total. The molecule has 1 aliphatic rings. The highest BCUT2D eigenvalue weighted by molar-refractivity contribution is 7.99. The van der Waals surface area contributed by atoms with Crippen molar-refractivity contribution >= 4 is 35.1 Å². The lowest BCUT2D eigenvalue weighted by Gasteiger charge is -2.30. The van der Waals surface area contributed by atoms with Crippen molar-refractivity contribution in [3.05, 3.63) is 70.9 Å². The topological polar surface area (TPSA) is 92.8 Å². The van der Waals surface area contributed by atoms with Crippen LogP contribution in [0.5, 0.6) is 11.5 Å². The molecule has 0 radical (unpaired) electrons. The van der Waals surface area contributed by atoms with Crippen LogP contribution in [0.2, 0.25) is 0 Å². The SMILES string of the molecule is COc1ccc(OC)c(CNC(=O)c2cccc(NC(=O)N3CCSc4nc(C)cc(C)c43)c2)c1. The van der Waals surface area contributed by atoms with Gasteiger partial charge in [-0.3, -0.25) is 9.69 Å². The summed E-state index contributed by atoms with van der Waals surface area (Å²) in [5.41, 5.74) is 4.56. The molecule has 0 saturated carbocycles. The van der Waals surface area contributed by atoms with Crippen LogP contribution in [0.4, 0.5) is 16.2 Å². The van der Waals surface area contributed by atoms with Gasteiger partial charge < -0.3 is 20.1 Å². The second-order valence-corrected chi connectivity index (χ2v) is 9.19. The molecule has 0 saturated heterocycles. The largest absolute Gasteiger partial charge is 0.497 e. The van der Waals surface area contributed by atoms with Gasteiger partial charge in [0.25, 0.3) is 5.91 Å². The van der Waals surface area contributed by atoms with Gasteiger partial charge in [0.1, 0.15) is 16.5 Å². The Kier molecular flexibility index (Phi) is 7.45. The summed E-state index contributed by atoms with van der Waals surface area (Å²) in [6.45, 7) is 4.79. The van der Waals surface area contributed by atoms with Crippen molar-refractivity contribution in [1.29, 1.82) is 0 Å². The maximum absolute atomic E-state index is 13.1. The molecule has 9 heteroatoms. The first-order valence-electron chi connectivity index (χ1n) is 11.2. The molecule has 0 bridgehead atoms. The van der Waals surface area contributed by atoms with E-state index in [0.29, 0.717) is 29.3 Å². The molecule has 4 rings (SSSR count). The fourth-order valence-electron chi connectivity index (χ4n) is 4.00. The molecule has 1 aliphatic heterocycles. The minimum absolute atomic E-state index is 0.251. The number of ether oxygens (including phenoxy) is 2. The number of fused-ring (bicyclic) bond motifs is 1. The van der Waals surface area contributed by atoms with Gasteiger partial charge in [0.2, 0.25) is 0 Å². The van der Waals surface area contributed by atoms with Crippen molar-refractivity contribution in [2.75, 3.05) is 36.7 Å². The standard InChI is InChI=1S/C26H28N4O4S/c1-16-12-17(2)28-25-23(16)30(10-11-35-25)26(32)29-20-7-5-6-18(13-20)24(31)27-15-19-14-21(33-3)8-9-22(19)34-4/h5-9,12-14H,10-11,15H2,1-4H3,(H,27,31)(H,29,32). The van der Waals surface area contributed by atoms with Crippen LogP contribution in [-0.4, -0.2) is 43.4 Å². The van der Waals surface area contributed by atoms with Crippen molar-refractivity contribution in [3.8, 4) is 11.5 Å². The Hall–Kier alpha value is -3.72. The lowest BCUT2D eigenvalue weighted by Crippen LogP contribution is -2.39. The second-order valence-electron chi connectivity index (χ2n) is 8.11. The maximum Gasteiger partial charge on any atom is 0.326 e. The smallest absolute Gasteiger partial charge is 0.326 e. The van der Waals surface area contributed by atoms with E-state index in [1.807, 2.05) is 26.0 Å². The van der Waals surface area contributed by atoms with Gasteiger partial charge in [-0.25, -0.2) is 9.78 Å². The number of hydrogen-bond donors (Lipinski definition) is 2. The Morgan fingerprint density at radius 3 is 2.69 bits per heavy atom. The number of rotatable bonds is 6. The number of carbonyl (C=O) groups excluding carboxylic acids is 2. The summed E-state index contributed by atoms with van der Waals surface area (Å²) in [5.74, 6) is 1.85. The van der Waals surface area contributed by atoms with Gasteiger partial charge in [-0.1, -0.05) is 6.07 Å². The first-order valence-corrected chi connectivity index (χ1v) is 12.2. The van der Waals surface area contributed by atoms with Crippen LogP contribution in [0, 0.1) is 13.8 Å². The van der Waals surface area contributed by atoms with Crippen molar-refractivity contribution < 1.29 is 19.1 Å². The summed E-state index contributed by atoms with van der Waals surface area (Å²) in [6, 6.07) is 14.0. The summed E-state index contributed by atoms with van der Waals surface area (Å²) in [4.78, 5) is 32.3. The van der Waals surface area contributed by atoms with Gasteiger partial charge in [-0.15, -0.1) is 11.8 Å². The third-order valence-corrected chi connectivity index (χ3v) is 6.60. The van der Waals surface area contributed by atoms with E-state index in [1.54, 1.807) is 67.3 Å². The zero-order chi connectivity index (χ0) is 24.9. The van der Waals surface area contributed by atoms with Crippen LogP contribution in [0.25, 0.3) is 0 Å². The molecule has 2 aromatic carbocycles. The van der Waals surface area contributed by atoms with E-state index in [4.69, 9.17) is 9.47 Å². The van der Waals surface area contributed by atoms with Crippen molar-refractivity contribution in [2.45, 2.75) is 25.4 Å². The quantitative estimate of drug-likeness (QED) is 0.514. The van der Waals surface area contributed by atoms with E-state index in [1.165, 1.54) is 0 Å². The second kappa shape index (κ2) is 10.7. The van der Waals surface area contributed by atoms with Crippen molar-refractivity contribution in [1.82, 2.24) is 10.3 Å². The number of nitrogens with one attached hydrogen (secondary N) is 2. The number of urea groups is 1. The Balaban J connectivity index is 1.46. The molecule has 3 amide bonds. The number of aromatic nitrogens is 1.